The SMILES string of the molecule is CCCc1cc(C(O)(C(F)(F)F)C(F)(F)F)cc(-c2ccccc2)c1OCCCCN1C(=O)NC(CC)(c2ccc3c(c2)OCCO3)C1=O. The number of halogens is 6. The van der Waals surface area contributed by atoms with Crippen LogP contribution in [-0.2, 0) is 22.4 Å². The zero-order valence-corrected chi connectivity index (χ0v) is 26.8. The lowest BCUT2D eigenvalue weighted by Gasteiger charge is -2.33. The van der Waals surface area contributed by atoms with Gasteiger partial charge in [0.2, 0.25) is 0 Å². The lowest BCUT2D eigenvalue weighted by molar-refractivity contribution is -0.376. The van der Waals surface area contributed by atoms with E-state index in [1.54, 1.807) is 50.2 Å². The number of alkyl halides is 6. The van der Waals surface area contributed by atoms with Crippen LogP contribution in [0.25, 0.3) is 11.1 Å². The number of carbonyl (C=O) groups is 2. The first-order valence-corrected chi connectivity index (χ1v) is 15.9. The molecule has 1 fully saturated rings. The standard InChI is InChI=1S/C35H36F6N2O6/c1-3-10-23-19-25(33(46,34(36,37)38)35(39,40)41)20-26(22-11-6-5-7-12-22)29(23)49-16-9-8-15-43-30(44)32(4-2,42-31(43)45)24-13-14-27-28(21-24)48-18-17-47-27/h5-7,11-14,19-21,46H,3-4,8-10,15-18H2,1-2H3,(H,42,45). The topological polar surface area (TPSA) is 97.3 Å². The maximum absolute atomic E-state index is 13.9. The lowest BCUT2D eigenvalue weighted by Crippen LogP contribution is -2.54. The Morgan fingerprint density at radius 1 is 0.898 bits per heavy atom. The number of ether oxygens (including phenoxy) is 3. The molecule has 3 amide bonds. The lowest BCUT2D eigenvalue weighted by atomic mass is 9.86. The quantitative estimate of drug-likeness (QED) is 0.117. The van der Waals surface area contributed by atoms with Crippen LogP contribution in [0.4, 0.5) is 31.1 Å². The molecule has 3 aromatic carbocycles. The summed E-state index contributed by atoms with van der Waals surface area (Å²) in [6, 6.07) is 13.7. The van der Waals surface area contributed by atoms with E-state index in [-0.39, 0.29) is 54.9 Å². The van der Waals surface area contributed by atoms with Crippen molar-refractivity contribution in [2.45, 2.75) is 69.4 Å². The second-order valence-electron chi connectivity index (χ2n) is 11.9. The highest BCUT2D eigenvalue weighted by molar-refractivity contribution is 6.07. The normalized spacial score (nSPS) is 18.1. The molecule has 1 unspecified atom stereocenters. The fourth-order valence-electron chi connectivity index (χ4n) is 6.17. The van der Waals surface area contributed by atoms with Crippen molar-refractivity contribution in [3.63, 3.8) is 0 Å². The van der Waals surface area contributed by atoms with Crippen molar-refractivity contribution < 1.29 is 55.2 Å². The van der Waals surface area contributed by atoms with E-state index in [1.165, 1.54) is 12.1 Å². The molecule has 14 heteroatoms. The number of imide groups is 1. The van der Waals surface area contributed by atoms with Gasteiger partial charge >= 0.3 is 18.4 Å². The third kappa shape index (κ3) is 6.62. The Morgan fingerprint density at radius 2 is 1.57 bits per heavy atom. The average Bonchev–Trinajstić information content (AvgIpc) is 3.32. The van der Waals surface area contributed by atoms with Gasteiger partial charge in [0.05, 0.1) is 6.61 Å². The molecular weight excluding hydrogens is 658 g/mol. The summed E-state index contributed by atoms with van der Waals surface area (Å²) < 4.78 is 101. The molecule has 5 rings (SSSR count). The van der Waals surface area contributed by atoms with Crippen LogP contribution in [0.2, 0.25) is 0 Å². The van der Waals surface area contributed by atoms with Gasteiger partial charge in [-0.25, -0.2) is 4.79 Å². The highest BCUT2D eigenvalue weighted by Crippen LogP contribution is 2.52. The van der Waals surface area contributed by atoms with Crippen molar-refractivity contribution in [3.05, 3.63) is 77.4 Å². The number of unbranched alkanes of at least 4 members (excludes halogenated alkanes) is 1. The van der Waals surface area contributed by atoms with Crippen LogP contribution in [-0.4, -0.2) is 60.7 Å². The van der Waals surface area contributed by atoms with Crippen molar-refractivity contribution in [3.8, 4) is 28.4 Å². The molecular formula is C35H36F6N2O6. The van der Waals surface area contributed by atoms with Gasteiger partial charge in [0.15, 0.2) is 11.5 Å². The number of aryl methyl sites for hydroxylation is 1. The first-order valence-electron chi connectivity index (χ1n) is 15.9. The van der Waals surface area contributed by atoms with Gasteiger partial charge in [-0.3, -0.25) is 9.69 Å². The maximum atomic E-state index is 13.9. The summed E-state index contributed by atoms with van der Waals surface area (Å²) in [4.78, 5) is 27.8. The smallest absolute Gasteiger partial charge is 0.430 e. The second kappa shape index (κ2) is 13.8. The van der Waals surface area contributed by atoms with Crippen LogP contribution in [0.3, 0.4) is 0 Å². The highest BCUT2D eigenvalue weighted by atomic mass is 19.4. The van der Waals surface area contributed by atoms with Crippen molar-refractivity contribution in [1.82, 2.24) is 10.2 Å². The van der Waals surface area contributed by atoms with Crippen LogP contribution >= 0.6 is 0 Å². The molecule has 3 aromatic rings. The molecule has 8 nitrogen and oxygen atoms in total. The Kier molecular flexibility index (Phi) is 10.1. The predicted octanol–water partition coefficient (Wildman–Crippen LogP) is 7.41. The number of amides is 3. The van der Waals surface area contributed by atoms with E-state index >= 15 is 0 Å². The summed E-state index contributed by atoms with van der Waals surface area (Å²) >= 11 is 0. The number of benzene rings is 3. The molecule has 2 heterocycles. The zero-order chi connectivity index (χ0) is 35.6. The molecule has 1 saturated heterocycles. The minimum Gasteiger partial charge on any atom is -0.493 e. The molecule has 0 bridgehead atoms. The largest absolute Gasteiger partial charge is 0.493 e. The number of aliphatic hydroxyl groups is 1. The second-order valence-corrected chi connectivity index (χ2v) is 11.9. The van der Waals surface area contributed by atoms with Crippen LogP contribution < -0.4 is 19.5 Å². The van der Waals surface area contributed by atoms with E-state index in [2.05, 4.69) is 5.32 Å². The van der Waals surface area contributed by atoms with E-state index in [0.29, 0.717) is 55.3 Å². The third-order valence-corrected chi connectivity index (χ3v) is 8.77. The molecule has 2 aliphatic heterocycles. The Hall–Kier alpha value is -4.46. The summed E-state index contributed by atoms with van der Waals surface area (Å²) in [5.41, 5.74) is -6.93. The number of hydrogen-bond acceptors (Lipinski definition) is 6. The fraction of sp³-hybridized carbons (Fsp3) is 0.429. The molecule has 2 aliphatic rings. The van der Waals surface area contributed by atoms with E-state index < -0.39 is 41.0 Å². The van der Waals surface area contributed by atoms with Gasteiger partial charge in [-0.2, -0.15) is 26.3 Å². The Morgan fingerprint density at radius 3 is 2.20 bits per heavy atom. The Labute approximate surface area is 278 Å². The molecule has 0 aliphatic carbocycles. The van der Waals surface area contributed by atoms with Gasteiger partial charge < -0.3 is 24.6 Å². The number of rotatable bonds is 12. The van der Waals surface area contributed by atoms with Crippen molar-refractivity contribution in [2.75, 3.05) is 26.4 Å². The fourth-order valence-corrected chi connectivity index (χ4v) is 6.17. The Bertz CT molecular complexity index is 1670. The molecule has 0 radical (unpaired) electrons. The molecule has 264 valence electrons. The van der Waals surface area contributed by atoms with E-state index in [1.807, 2.05) is 0 Å². The third-order valence-electron chi connectivity index (χ3n) is 8.77. The van der Waals surface area contributed by atoms with Gasteiger partial charge in [0.1, 0.15) is 24.5 Å². The van der Waals surface area contributed by atoms with Gasteiger partial charge in [0.25, 0.3) is 11.5 Å². The first kappa shape index (κ1) is 35.8. The number of fused-ring (bicyclic) bond motifs is 1. The maximum Gasteiger partial charge on any atom is 0.430 e. The summed E-state index contributed by atoms with van der Waals surface area (Å²) in [5.74, 6) is 0.660. The highest BCUT2D eigenvalue weighted by Gasteiger charge is 2.71. The van der Waals surface area contributed by atoms with Crippen LogP contribution in [0, 0.1) is 0 Å². The summed E-state index contributed by atoms with van der Waals surface area (Å²) in [5, 5.41) is 13.0. The summed E-state index contributed by atoms with van der Waals surface area (Å²) in [7, 11) is 0. The summed E-state index contributed by atoms with van der Waals surface area (Å²) in [6.07, 6.45) is -10.8. The van der Waals surface area contributed by atoms with Crippen LogP contribution in [0.1, 0.15) is 56.2 Å². The zero-order valence-electron chi connectivity index (χ0n) is 26.8. The first-order chi connectivity index (χ1) is 23.2. The number of hydrogen-bond donors (Lipinski definition) is 2. The van der Waals surface area contributed by atoms with Gasteiger partial charge in [-0.1, -0.05) is 56.7 Å². The number of nitrogens with zero attached hydrogens (tertiary/aromatic N) is 1. The molecule has 0 aromatic heterocycles. The minimum atomic E-state index is -6.05. The van der Waals surface area contributed by atoms with Crippen LogP contribution in [0.5, 0.6) is 17.2 Å². The summed E-state index contributed by atoms with van der Waals surface area (Å²) in [6.45, 7) is 4.25. The van der Waals surface area contributed by atoms with Crippen molar-refractivity contribution >= 4 is 11.9 Å². The van der Waals surface area contributed by atoms with E-state index in [9.17, 15) is 41.0 Å². The molecule has 2 N–H and O–H groups in total. The number of urea groups is 1. The van der Waals surface area contributed by atoms with Gasteiger partial charge in [-0.05, 0) is 66.6 Å². The van der Waals surface area contributed by atoms with E-state index in [0.717, 1.165) is 4.90 Å². The monoisotopic (exact) mass is 694 g/mol. The molecule has 0 spiro atoms. The predicted molar refractivity (Wildman–Crippen MR) is 166 cm³/mol. The van der Waals surface area contributed by atoms with Gasteiger partial charge in [-0.15, -0.1) is 0 Å². The molecule has 0 saturated carbocycles. The van der Waals surface area contributed by atoms with Crippen molar-refractivity contribution in [2.24, 2.45) is 0 Å². The minimum absolute atomic E-state index is 0.0244. The van der Waals surface area contributed by atoms with Crippen LogP contribution in [0.15, 0.2) is 60.7 Å². The van der Waals surface area contributed by atoms with Crippen molar-refractivity contribution in [1.29, 1.82) is 0 Å². The van der Waals surface area contributed by atoms with E-state index in [4.69, 9.17) is 14.2 Å². The molecule has 1 atom stereocenters. The average molecular weight is 695 g/mol. The molecule has 49 heavy (non-hydrogen) atoms. The number of carbonyl (C=O) groups excluding carboxylic acids is 2. The Balaban J connectivity index is 1.35. The van der Waals surface area contributed by atoms with Gasteiger partial charge in [0, 0.05) is 17.7 Å². The number of nitrogens with one attached hydrogen (secondary N) is 1.